The summed E-state index contributed by atoms with van der Waals surface area (Å²) < 4.78 is 0. The Hall–Kier alpha value is -2.32. The molecule has 10 heteroatoms. The molecule has 0 unspecified atom stereocenters. The van der Waals surface area contributed by atoms with Gasteiger partial charge in [0.15, 0.2) is 0 Å². The van der Waals surface area contributed by atoms with Crippen molar-refractivity contribution in [3.05, 3.63) is 64.9 Å². The van der Waals surface area contributed by atoms with E-state index in [4.69, 9.17) is 11.6 Å². The Morgan fingerprint density at radius 1 is 1.21 bits per heavy atom. The molecule has 2 amide bonds. The lowest BCUT2D eigenvalue weighted by Gasteiger charge is -2.17. The van der Waals surface area contributed by atoms with Gasteiger partial charge in [-0.1, -0.05) is 41.9 Å². The topological polar surface area (TPSA) is 98.9 Å². The molecule has 3 atom stereocenters. The molecule has 0 saturated carbocycles. The third-order valence-corrected chi connectivity index (χ3v) is 5.97. The molecule has 0 radical (unpaired) electrons. The number of aromatic nitrogens is 2. The Morgan fingerprint density at radius 3 is 2.73 bits per heavy atom. The lowest BCUT2D eigenvalue weighted by Crippen LogP contribution is -2.49. The summed E-state index contributed by atoms with van der Waals surface area (Å²) in [4.78, 5) is 32.3. The molecule has 1 aromatic carbocycles. The number of carbonyl (C=O) groups is 2. The molecule has 0 bridgehead atoms. The number of hydrogen-bond donors (Lipinski definition) is 4. The van der Waals surface area contributed by atoms with Gasteiger partial charge in [-0.3, -0.25) is 9.59 Å². The summed E-state index contributed by atoms with van der Waals surface area (Å²) in [5.41, 5.74) is 2.81. The minimum atomic E-state index is -0.630. The number of amides is 2. The Balaban J connectivity index is 0.00000193. The number of benzene rings is 1. The fourth-order valence-electron chi connectivity index (χ4n) is 3.94. The van der Waals surface area contributed by atoms with Crippen LogP contribution in [0.4, 0.5) is 0 Å². The number of fused-ring (bicyclic) bond motifs is 1. The van der Waals surface area contributed by atoms with Crippen molar-refractivity contribution in [1.82, 2.24) is 25.9 Å². The highest BCUT2D eigenvalue weighted by Gasteiger charge is 2.30. The summed E-state index contributed by atoms with van der Waals surface area (Å²) in [6.45, 7) is 2.79. The first-order valence-electron chi connectivity index (χ1n) is 10.5. The van der Waals surface area contributed by atoms with Gasteiger partial charge in [-0.15, -0.1) is 24.8 Å². The molecule has 1 aliphatic heterocycles. The minimum Gasteiger partial charge on any atom is -0.350 e. The minimum absolute atomic E-state index is 0. The maximum atomic E-state index is 12.6. The van der Waals surface area contributed by atoms with E-state index in [2.05, 4.69) is 38.1 Å². The van der Waals surface area contributed by atoms with Crippen LogP contribution in [0.3, 0.4) is 0 Å². The van der Waals surface area contributed by atoms with Crippen molar-refractivity contribution in [3.8, 4) is 0 Å². The predicted octanol–water partition coefficient (Wildman–Crippen LogP) is 3.40. The number of nitrogens with one attached hydrogen (secondary N) is 4. The summed E-state index contributed by atoms with van der Waals surface area (Å²) in [5.74, 6) is 0.0257. The number of carbonyl (C=O) groups excluding carboxylic acids is 2. The molecule has 4 N–H and O–H groups in total. The van der Waals surface area contributed by atoms with E-state index >= 15 is 0 Å². The molecular formula is C23H28Cl3N5O2. The highest BCUT2D eigenvalue weighted by molar-refractivity contribution is 6.35. The van der Waals surface area contributed by atoms with Crippen molar-refractivity contribution in [1.29, 1.82) is 0 Å². The summed E-state index contributed by atoms with van der Waals surface area (Å²) in [6.07, 6.45) is 5.07. The van der Waals surface area contributed by atoms with E-state index in [1.165, 1.54) is 5.56 Å². The van der Waals surface area contributed by atoms with Crippen molar-refractivity contribution >= 4 is 59.3 Å². The lowest BCUT2D eigenvalue weighted by atomic mass is 9.96. The van der Waals surface area contributed by atoms with Gasteiger partial charge in [-0.25, -0.2) is 4.98 Å². The largest absolute Gasteiger partial charge is 0.350 e. The van der Waals surface area contributed by atoms with E-state index < -0.39 is 6.04 Å². The van der Waals surface area contributed by atoms with Gasteiger partial charge in [0.05, 0.1) is 11.1 Å². The van der Waals surface area contributed by atoms with Crippen LogP contribution in [0, 0.1) is 5.92 Å². The van der Waals surface area contributed by atoms with Gasteiger partial charge in [-0.05, 0) is 49.4 Å². The SMILES string of the molecule is C[C@H](NC(=O)[C@H]1C[C@H](Cc2ccccc2)CN1)C(=O)NCc1cnc2[nH]cc(Cl)c2c1.Cl.Cl. The van der Waals surface area contributed by atoms with Crippen LogP contribution in [0.15, 0.2) is 48.8 Å². The number of nitrogens with zero attached hydrogens (tertiary/aromatic N) is 1. The second-order valence-corrected chi connectivity index (χ2v) is 8.48. The summed E-state index contributed by atoms with van der Waals surface area (Å²) in [7, 11) is 0. The van der Waals surface area contributed by atoms with Crippen molar-refractivity contribution in [3.63, 3.8) is 0 Å². The van der Waals surface area contributed by atoms with Crippen molar-refractivity contribution in [2.24, 2.45) is 5.92 Å². The smallest absolute Gasteiger partial charge is 0.242 e. The van der Waals surface area contributed by atoms with Crippen LogP contribution < -0.4 is 16.0 Å². The molecule has 178 valence electrons. The zero-order valence-electron chi connectivity index (χ0n) is 18.1. The highest BCUT2D eigenvalue weighted by atomic mass is 35.5. The number of H-pyrrole nitrogens is 1. The number of hydrogen-bond acceptors (Lipinski definition) is 4. The normalized spacial score (nSPS) is 18.1. The monoisotopic (exact) mass is 511 g/mol. The van der Waals surface area contributed by atoms with Gasteiger partial charge in [-0.2, -0.15) is 0 Å². The van der Waals surface area contributed by atoms with Crippen LogP contribution in [-0.2, 0) is 22.6 Å². The molecule has 7 nitrogen and oxygen atoms in total. The first-order valence-corrected chi connectivity index (χ1v) is 10.8. The van der Waals surface area contributed by atoms with E-state index in [1.54, 1.807) is 19.3 Å². The second kappa shape index (κ2) is 12.2. The Bertz CT molecular complexity index is 1080. The molecule has 0 aliphatic carbocycles. The Morgan fingerprint density at radius 2 is 1.97 bits per heavy atom. The highest BCUT2D eigenvalue weighted by Crippen LogP contribution is 2.22. The molecule has 1 aliphatic rings. The zero-order chi connectivity index (χ0) is 21.8. The lowest BCUT2D eigenvalue weighted by molar-refractivity contribution is -0.129. The van der Waals surface area contributed by atoms with Gasteiger partial charge in [0.1, 0.15) is 11.7 Å². The molecule has 1 fully saturated rings. The third kappa shape index (κ3) is 6.84. The first kappa shape index (κ1) is 26.9. The van der Waals surface area contributed by atoms with Gasteiger partial charge < -0.3 is 20.9 Å². The van der Waals surface area contributed by atoms with Gasteiger partial charge in [0.25, 0.3) is 0 Å². The van der Waals surface area contributed by atoms with Gasteiger partial charge in [0.2, 0.25) is 11.8 Å². The average molecular weight is 513 g/mol. The van der Waals surface area contributed by atoms with Crippen LogP contribution in [0.5, 0.6) is 0 Å². The van der Waals surface area contributed by atoms with Crippen molar-refractivity contribution in [2.45, 2.75) is 38.4 Å². The maximum absolute atomic E-state index is 12.6. The van der Waals surface area contributed by atoms with Crippen LogP contribution >= 0.6 is 36.4 Å². The molecule has 4 rings (SSSR count). The summed E-state index contributed by atoms with van der Waals surface area (Å²) in [6, 6.07) is 11.3. The number of aromatic amines is 1. The van der Waals surface area contributed by atoms with E-state index in [1.807, 2.05) is 24.3 Å². The standard InChI is InChI=1S/C23H26ClN5O2.2ClH/c1-14(22(30)28-12-17-8-18-19(24)13-27-21(18)26-11-17)29-23(31)20-9-16(10-25-20)7-15-5-3-2-4-6-15;;/h2-6,8,11,13-14,16,20,25H,7,9-10,12H2,1H3,(H,26,27)(H,28,30)(H,29,31);2*1H/t14-,16-,20+;;/m0../s1. The summed E-state index contributed by atoms with van der Waals surface area (Å²) in [5, 5.41) is 10.3. The molecule has 3 aromatic rings. The van der Waals surface area contributed by atoms with Crippen LogP contribution in [0.1, 0.15) is 24.5 Å². The fraction of sp³-hybridized carbons (Fsp3) is 0.348. The molecule has 33 heavy (non-hydrogen) atoms. The number of rotatable bonds is 7. The van der Waals surface area contributed by atoms with Crippen LogP contribution in [0.2, 0.25) is 5.02 Å². The third-order valence-electron chi connectivity index (χ3n) is 5.66. The summed E-state index contributed by atoms with van der Waals surface area (Å²) >= 11 is 6.12. The van der Waals surface area contributed by atoms with E-state index in [9.17, 15) is 9.59 Å². The van der Waals surface area contributed by atoms with Gasteiger partial charge in [0, 0.05) is 24.3 Å². The Kier molecular flexibility index (Phi) is 9.98. The molecule has 0 spiro atoms. The van der Waals surface area contributed by atoms with E-state index in [0.717, 1.165) is 30.3 Å². The van der Waals surface area contributed by atoms with Crippen LogP contribution in [-0.4, -0.2) is 40.4 Å². The van der Waals surface area contributed by atoms with Crippen molar-refractivity contribution in [2.75, 3.05) is 6.54 Å². The van der Waals surface area contributed by atoms with Crippen LogP contribution in [0.25, 0.3) is 11.0 Å². The van der Waals surface area contributed by atoms with E-state index in [0.29, 0.717) is 23.1 Å². The quantitative estimate of drug-likeness (QED) is 0.390. The second-order valence-electron chi connectivity index (χ2n) is 8.08. The van der Waals surface area contributed by atoms with Crippen molar-refractivity contribution < 1.29 is 9.59 Å². The predicted molar refractivity (Wildman–Crippen MR) is 135 cm³/mol. The first-order chi connectivity index (χ1) is 15.0. The average Bonchev–Trinajstić information content (AvgIpc) is 3.39. The van der Waals surface area contributed by atoms with Gasteiger partial charge >= 0.3 is 0 Å². The molecule has 1 saturated heterocycles. The number of halogens is 3. The fourth-order valence-corrected chi connectivity index (χ4v) is 4.14. The van der Waals surface area contributed by atoms with E-state index in [-0.39, 0.29) is 42.7 Å². The molecule has 2 aromatic heterocycles. The maximum Gasteiger partial charge on any atom is 0.242 e. The Labute approximate surface area is 210 Å². The number of pyridine rings is 1. The zero-order valence-corrected chi connectivity index (χ0v) is 20.5. The molecule has 3 heterocycles. The molecular weight excluding hydrogens is 485 g/mol.